The quantitative estimate of drug-likeness (QED) is 0.486. The SMILES string of the molecule is CC(C)C1CCC2CCCC2N1.[CH3-].[K+]. The van der Waals surface area contributed by atoms with Crippen LogP contribution in [0.1, 0.15) is 46.0 Å². The monoisotopic (exact) mass is 221 g/mol. The second kappa shape index (κ2) is 7.03. The number of rotatable bonds is 1. The molecule has 14 heavy (non-hydrogen) atoms. The van der Waals surface area contributed by atoms with Gasteiger partial charge in [-0.1, -0.05) is 20.3 Å². The second-order valence-electron chi connectivity index (χ2n) is 4.89. The van der Waals surface area contributed by atoms with Crippen molar-refractivity contribution in [3.63, 3.8) is 0 Å². The van der Waals surface area contributed by atoms with Crippen LogP contribution >= 0.6 is 0 Å². The number of piperidine rings is 1. The molecule has 78 valence electrons. The Bertz CT molecular complexity index is 158. The summed E-state index contributed by atoms with van der Waals surface area (Å²) < 4.78 is 0. The fraction of sp³-hybridized carbons (Fsp3) is 0.917. The van der Waals surface area contributed by atoms with E-state index < -0.39 is 0 Å². The van der Waals surface area contributed by atoms with Gasteiger partial charge in [0.15, 0.2) is 0 Å². The summed E-state index contributed by atoms with van der Waals surface area (Å²) in [6, 6.07) is 1.69. The van der Waals surface area contributed by atoms with Crippen molar-refractivity contribution in [1.82, 2.24) is 5.32 Å². The van der Waals surface area contributed by atoms with E-state index in [2.05, 4.69) is 19.2 Å². The van der Waals surface area contributed by atoms with Crippen LogP contribution in [0.3, 0.4) is 0 Å². The first-order chi connectivity index (χ1) is 5.77. The Hall–Kier alpha value is 1.60. The zero-order chi connectivity index (χ0) is 8.55. The van der Waals surface area contributed by atoms with Gasteiger partial charge in [0.25, 0.3) is 0 Å². The third-order valence-electron chi connectivity index (χ3n) is 3.74. The van der Waals surface area contributed by atoms with Crippen molar-refractivity contribution in [2.45, 2.75) is 58.0 Å². The molecule has 0 spiro atoms. The van der Waals surface area contributed by atoms with Crippen LogP contribution < -0.4 is 56.7 Å². The largest absolute Gasteiger partial charge is 1.00 e. The molecule has 1 aliphatic carbocycles. The summed E-state index contributed by atoms with van der Waals surface area (Å²) in [6.07, 6.45) is 7.29. The van der Waals surface area contributed by atoms with Gasteiger partial charge < -0.3 is 12.7 Å². The van der Waals surface area contributed by atoms with Crippen LogP contribution in [0, 0.1) is 19.3 Å². The summed E-state index contributed by atoms with van der Waals surface area (Å²) in [4.78, 5) is 0. The van der Waals surface area contributed by atoms with E-state index in [0.717, 1.165) is 23.9 Å². The van der Waals surface area contributed by atoms with Crippen LogP contribution in [0.15, 0.2) is 0 Å². The van der Waals surface area contributed by atoms with E-state index in [1.165, 1.54) is 32.1 Å². The third-order valence-corrected chi connectivity index (χ3v) is 3.74. The normalized spacial score (nSPS) is 35.8. The smallest absolute Gasteiger partial charge is 0.358 e. The molecule has 3 atom stereocenters. The van der Waals surface area contributed by atoms with Crippen LogP contribution in [0.2, 0.25) is 0 Å². The Labute approximate surface area is 132 Å². The van der Waals surface area contributed by atoms with Crippen molar-refractivity contribution in [2.24, 2.45) is 11.8 Å². The Morgan fingerprint density at radius 1 is 1.07 bits per heavy atom. The minimum absolute atomic E-state index is 0. The zero-order valence-corrected chi connectivity index (χ0v) is 13.5. The molecule has 3 unspecified atom stereocenters. The molecule has 1 saturated carbocycles. The predicted octanol–water partition coefficient (Wildman–Crippen LogP) is 0.0174. The molecule has 0 aromatic carbocycles. The molecule has 1 N–H and O–H groups in total. The zero-order valence-electron chi connectivity index (χ0n) is 10.3. The molecule has 1 nitrogen and oxygen atoms in total. The number of nitrogens with one attached hydrogen (secondary N) is 1. The van der Waals surface area contributed by atoms with Gasteiger partial charge in [0.2, 0.25) is 0 Å². The summed E-state index contributed by atoms with van der Waals surface area (Å²) >= 11 is 0. The fourth-order valence-electron chi connectivity index (χ4n) is 2.88. The van der Waals surface area contributed by atoms with Crippen LogP contribution in [-0.4, -0.2) is 12.1 Å². The van der Waals surface area contributed by atoms with Crippen LogP contribution in [-0.2, 0) is 0 Å². The molecule has 1 heterocycles. The predicted molar refractivity (Wildman–Crippen MR) is 58.5 cm³/mol. The van der Waals surface area contributed by atoms with E-state index in [4.69, 9.17) is 0 Å². The first-order valence-corrected chi connectivity index (χ1v) is 5.53. The van der Waals surface area contributed by atoms with Gasteiger partial charge in [-0.15, -0.1) is 0 Å². The summed E-state index contributed by atoms with van der Waals surface area (Å²) in [5.41, 5.74) is 0. The standard InChI is InChI=1S/C11H21N.CH3.K/c1-8(2)10-7-6-9-4-3-5-11(9)12-10;;/h8-12H,3-7H2,1-2H3;1H3;/q;-1;+1. The second-order valence-corrected chi connectivity index (χ2v) is 4.89. The molecule has 2 aliphatic rings. The molecular formula is C12H24KN. The topological polar surface area (TPSA) is 12.0 Å². The maximum absolute atomic E-state index is 3.81. The van der Waals surface area contributed by atoms with Gasteiger partial charge >= 0.3 is 51.4 Å². The fourth-order valence-corrected chi connectivity index (χ4v) is 2.88. The van der Waals surface area contributed by atoms with Crippen molar-refractivity contribution in [2.75, 3.05) is 0 Å². The van der Waals surface area contributed by atoms with Gasteiger partial charge in [0.05, 0.1) is 0 Å². The van der Waals surface area contributed by atoms with Crippen molar-refractivity contribution >= 4 is 0 Å². The molecule has 0 aromatic rings. The molecule has 0 aromatic heterocycles. The number of fused-ring (bicyclic) bond motifs is 1. The Morgan fingerprint density at radius 3 is 2.43 bits per heavy atom. The minimum Gasteiger partial charge on any atom is -0.358 e. The summed E-state index contributed by atoms with van der Waals surface area (Å²) in [6.45, 7) is 4.68. The molecule has 0 radical (unpaired) electrons. The molecular weight excluding hydrogens is 197 g/mol. The Kier molecular flexibility index (Phi) is 7.83. The molecule has 2 rings (SSSR count). The average Bonchev–Trinajstić information content (AvgIpc) is 2.49. The van der Waals surface area contributed by atoms with E-state index in [1.807, 2.05) is 0 Å². The van der Waals surface area contributed by atoms with Gasteiger partial charge in [-0.25, -0.2) is 0 Å². The van der Waals surface area contributed by atoms with Crippen molar-refractivity contribution in [1.29, 1.82) is 0 Å². The van der Waals surface area contributed by atoms with Crippen molar-refractivity contribution in [3.05, 3.63) is 7.43 Å². The van der Waals surface area contributed by atoms with Crippen molar-refractivity contribution < 1.29 is 51.4 Å². The van der Waals surface area contributed by atoms with Crippen LogP contribution in [0.25, 0.3) is 0 Å². The average molecular weight is 221 g/mol. The molecule has 0 amide bonds. The van der Waals surface area contributed by atoms with Gasteiger partial charge in [-0.2, -0.15) is 0 Å². The van der Waals surface area contributed by atoms with Crippen LogP contribution in [0.4, 0.5) is 0 Å². The first kappa shape index (κ1) is 15.6. The van der Waals surface area contributed by atoms with Gasteiger partial charge in [-0.05, 0) is 37.5 Å². The first-order valence-electron chi connectivity index (χ1n) is 5.53. The van der Waals surface area contributed by atoms with Crippen molar-refractivity contribution in [3.8, 4) is 0 Å². The van der Waals surface area contributed by atoms with Gasteiger partial charge in [0.1, 0.15) is 0 Å². The number of hydrogen-bond donors (Lipinski definition) is 1. The molecule has 0 bridgehead atoms. The van der Waals surface area contributed by atoms with Crippen LogP contribution in [0.5, 0.6) is 0 Å². The third kappa shape index (κ3) is 3.57. The van der Waals surface area contributed by atoms with E-state index in [0.29, 0.717) is 0 Å². The Morgan fingerprint density at radius 2 is 1.79 bits per heavy atom. The summed E-state index contributed by atoms with van der Waals surface area (Å²) in [5.74, 6) is 1.85. The summed E-state index contributed by atoms with van der Waals surface area (Å²) in [7, 11) is 0. The Balaban J connectivity index is 0.000000845. The van der Waals surface area contributed by atoms with E-state index in [1.54, 1.807) is 0 Å². The maximum Gasteiger partial charge on any atom is 1.00 e. The van der Waals surface area contributed by atoms with Gasteiger partial charge in [0, 0.05) is 12.1 Å². The molecule has 2 heteroatoms. The van der Waals surface area contributed by atoms with E-state index >= 15 is 0 Å². The molecule has 1 saturated heterocycles. The molecule has 1 aliphatic heterocycles. The molecule has 2 fully saturated rings. The van der Waals surface area contributed by atoms with E-state index in [-0.39, 0.29) is 58.8 Å². The van der Waals surface area contributed by atoms with E-state index in [9.17, 15) is 0 Å². The number of hydrogen-bond acceptors (Lipinski definition) is 1. The summed E-state index contributed by atoms with van der Waals surface area (Å²) in [5, 5.41) is 3.81. The van der Waals surface area contributed by atoms with Gasteiger partial charge in [-0.3, -0.25) is 0 Å². The maximum atomic E-state index is 3.81. The minimum atomic E-state index is 0.